The molecule has 4 nitrogen and oxygen atoms in total. The molecule has 0 radical (unpaired) electrons. The van der Waals surface area contributed by atoms with Gasteiger partial charge in [-0.15, -0.1) is 0 Å². The SMILES string of the molecule is CN1CCN(C[C@@H](O)COCC[C@H]2C[C@@H]3CC[C@@H]2C3)CC1. The summed E-state index contributed by atoms with van der Waals surface area (Å²) in [5.41, 5.74) is 0. The second-order valence-corrected chi connectivity index (χ2v) is 7.56. The normalized spacial score (nSPS) is 35.4. The van der Waals surface area contributed by atoms with Crippen molar-refractivity contribution in [3.05, 3.63) is 0 Å². The number of hydrogen-bond donors (Lipinski definition) is 1. The van der Waals surface area contributed by atoms with E-state index in [0.717, 1.165) is 57.1 Å². The Balaban J connectivity index is 1.24. The van der Waals surface area contributed by atoms with Gasteiger partial charge in [-0.05, 0) is 50.5 Å². The van der Waals surface area contributed by atoms with Crippen LogP contribution in [-0.2, 0) is 4.74 Å². The second kappa shape index (κ2) is 7.40. The van der Waals surface area contributed by atoms with Crippen molar-refractivity contribution in [1.29, 1.82) is 0 Å². The minimum atomic E-state index is -0.326. The molecule has 3 rings (SSSR count). The van der Waals surface area contributed by atoms with Crippen molar-refractivity contribution in [2.24, 2.45) is 17.8 Å². The molecule has 2 saturated carbocycles. The third-order valence-corrected chi connectivity index (χ3v) is 5.89. The summed E-state index contributed by atoms with van der Waals surface area (Å²) in [7, 11) is 2.16. The zero-order chi connectivity index (χ0) is 14.7. The van der Waals surface area contributed by atoms with Gasteiger partial charge in [0.15, 0.2) is 0 Å². The van der Waals surface area contributed by atoms with Crippen LogP contribution >= 0.6 is 0 Å². The van der Waals surface area contributed by atoms with Crippen LogP contribution in [0.5, 0.6) is 0 Å². The largest absolute Gasteiger partial charge is 0.389 e. The van der Waals surface area contributed by atoms with Crippen LogP contribution in [0.1, 0.15) is 32.1 Å². The van der Waals surface area contributed by atoms with Crippen LogP contribution in [0, 0.1) is 17.8 Å². The molecule has 4 heteroatoms. The fourth-order valence-electron chi connectivity index (χ4n) is 4.57. The molecular weight excluding hydrogens is 264 g/mol. The maximum absolute atomic E-state index is 10.1. The van der Waals surface area contributed by atoms with Gasteiger partial charge in [0.1, 0.15) is 0 Å². The predicted octanol–water partition coefficient (Wildman–Crippen LogP) is 1.44. The van der Waals surface area contributed by atoms with E-state index in [2.05, 4.69) is 16.8 Å². The smallest absolute Gasteiger partial charge is 0.0900 e. The van der Waals surface area contributed by atoms with Crippen LogP contribution in [0.15, 0.2) is 0 Å². The van der Waals surface area contributed by atoms with Crippen LogP contribution in [0.2, 0.25) is 0 Å². The first-order chi connectivity index (χ1) is 10.2. The minimum absolute atomic E-state index is 0.326. The first kappa shape index (κ1) is 15.7. The number of hydrogen-bond acceptors (Lipinski definition) is 4. The van der Waals surface area contributed by atoms with Crippen molar-refractivity contribution in [1.82, 2.24) is 9.80 Å². The number of likely N-dealkylation sites (N-methyl/N-ethyl adjacent to an activating group) is 1. The Kier molecular flexibility index (Phi) is 5.54. The van der Waals surface area contributed by atoms with Crippen LogP contribution in [0.4, 0.5) is 0 Å². The number of aliphatic hydroxyl groups is 1. The van der Waals surface area contributed by atoms with Gasteiger partial charge in [-0.3, -0.25) is 4.90 Å². The van der Waals surface area contributed by atoms with E-state index in [1.54, 1.807) is 0 Å². The van der Waals surface area contributed by atoms with Gasteiger partial charge in [0.05, 0.1) is 12.7 Å². The van der Waals surface area contributed by atoms with Crippen molar-refractivity contribution in [3.8, 4) is 0 Å². The molecule has 0 aromatic rings. The quantitative estimate of drug-likeness (QED) is 0.721. The third-order valence-electron chi connectivity index (χ3n) is 5.89. The summed E-state index contributed by atoms with van der Waals surface area (Å²) in [5.74, 6) is 2.94. The van der Waals surface area contributed by atoms with Crippen molar-refractivity contribution in [3.63, 3.8) is 0 Å². The molecule has 21 heavy (non-hydrogen) atoms. The molecule has 1 aliphatic heterocycles. The highest BCUT2D eigenvalue weighted by Gasteiger charge is 2.38. The van der Waals surface area contributed by atoms with Gasteiger partial charge in [-0.2, -0.15) is 0 Å². The zero-order valence-corrected chi connectivity index (χ0v) is 13.5. The van der Waals surface area contributed by atoms with Gasteiger partial charge < -0.3 is 14.7 Å². The number of ether oxygens (including phenoxy) is 1. The molecule has 0 aromatic heterocycles. The van der Waals surface area contributed by atoms with Crippen molar-refractivity contribution < 1.29 is 9.84 Å². The van der Waals surface area contributed by atoms with Crippen LogP contribution < -0.4 is 0 Å². The standard InChI is InChI=1S/C17H32N2O2/c1-18-5-7-19(8-6-18)12-17(20)13-21-9-4-16-11-14-2-3-15(16)10-14/h14-17,20H,2-13H2,1H3/t14-,15-,16+,17-/m1/s1. The fourth-order valence-corrected chi connectivity index (χ4v) is 4.57. The lowest BCUT2D eigenvalue weighted by Gasteiger charge is -2.33. The Labute approximate surface area is 129 Å². The van der Waals surface area contributed by atoms with E-state index in [0.29, 0.717) is 6.61 Å². The molecule has 1 heterocycles. The molecule has 0 spiro atoms. The summed E-state index contributed by atoms with van der Waals surface area (Å²) in [6.45, 7) is 6.47. The van der Waals surface area contributed by atoms with E-state index < -0.39 is 0 Å². The van der Waals surface area contributed by atoms with Crippen molar-refractivity contribution >= 4 is 0 Å². The second-order valence-electron chi connectivity index (χ2n) is 7.56. The van der Waals surface area contributed by atoms with E-state index >= 15 is 0 Å². The topological polar surface area (TPSA) is 35.9 Å². The van der Waals surface area contributed by atoms with Gasteiger partial charge in [0.25, 0.3) is 0 Å². The number of fused-ring (bicyclic) bond motifs is 2. The predicted molar refractivity (Wildman–Crippen MR) is 84.3 cm³/mol. The summed E-state index contributed by atoms with van der Waals surface area (Å²) in [6.07, 6.45) is 6.75. The van der Waals surface area contributed by atoms with Crippen molar-refractivity contribution in [2.45, 2.75) is 38.2 Å². The molecule has 3 aliphatic rings. The van der Waals surface area contributed by atoms with E-state index in [1.807, 2.05) is 0 Å². The Morgan fingerprint density at radius 2 is 1.95 bits per heavy atom. The summed E-state index contributed by atoms with van der Waals surface area (Å²) < 4.78 is 5.74. The number of β-amino-alcohol motifs (C(OH)–C–C–N with tert-alkyl or cyclic N) is 1. The average Bonchev–Trinajstić information content (AvgIpc) is 3.09. The summed E-state index contributed by atoms with van der Waals surface area (Å²) in [4.78, 5) is 4.69. The molecule has 3 fully saturated rings. The van der Waals surface area contributed by atoms with Gasteiger partial charge in [-0.1, -0.05) is 6.42 Å². The average molecular weight is 296 g/mol. The first-order valence-electron chi connectivity index (χ1n) is 8.87. The molecule has 2 bridgehead atoms. The molecule has 122 valence electrons. The van der Waals surface area contributed by atoms with Gasteiger partial charge in [-0.25, -0.2) is 0 Å². The first-order valence-corrected chi connectivity index (χ1v) is 8.87. The highest BCUT2D eigenvalue weighted by atomic mass is 16.5. The third kappa shape index (κ3) is 4.41. The van der Waals surface area contributed by atoms with E-state index in [-0.39, 0.29) is 6.10 Å². The highest BCUT2D eigenvalue weighted by molar-refractivity contribution is 4.89. The Morgan fingerprint density at radius 1 is 1.14 bits per heavy atom. The van der Waals surface area contributed by atoms with Gasteiger partial charge >= 0.3 is 0 Å². The monoisotopic (exact) mass is 296 g/mol. The highest BCUT2D eigenvalue weighted by Crippen LogP contribution is 2.49. The van der Waals surface area contributed by atoms with Crippen LogP contribution in [0.3, 0.4) is 0 Å². The molecular formula is C17H32N2O2. The molecule has 0 aromatic carbocycles. The molecule has 1 N–H and O–H groups in total. The van der Waals surface area contributed by atoms with Crippen molar-refractivity contribution in [2.75, 3.05) is 53.0 Å². The summed E-state index contributed by atoms with van der Waals surface area (Å²) >= 11 is 0. The number of nitrogens with zero attached hydrogens (tertiary/aromatic N) is 2. The van der Waals surface area contributed by atoms with E-state index in [1.165, 1.54) is 32.1 Å². The molecule has 1 saturated heterocycles. The zero-order valence-electron chi connectivity index (χ0n) is 13.5. The van der Waals surface area contributed by atoms with E-state index in [9.17, 15) is 5.11 Å². The molecule has 0 amide bonds. The minimum Gasteiger partial charge on any atom is -0.389 e. The molecule has 0 unspecified atom stereocenters. The Morgan fingerprint density at radius 3 is 2.62 bits per heavy atom. The number of piperazine rings is 1. The van der Waals surface area contributed by atoms with Crippen LogP contribution in [0.25, 0.3) is 0 Å². The Hall–Kier alpha value is -0.160. The lowest BCUT2D eigenvalue weighted by molar-refractivity contribution is 0.00395. The maximum atomic E-state index is 10.1. The summed E-state index contributed by atoms with van der Waals surface area (Å²) in [5, 5.41) is 10.1. The van der Waals surface area contributed by atoms with E-state index in [4.69, 9.17) is 4.74 Å². The molecule has 4 atom stereocenters. The maximum Gasteiger partial charge on any atom is 0.0900 e. The van der Waals surface area contributed by atoms with Gasteiger partial charge in [0.2, 0.25) is 0 Å². The Bertz CT molecular complexity index is 318. The molecule has 2 aliphatic carbocycles. The number of aliphatic hydroxyl groups excluding tert-OH is 1. The fraction of sp³-hybridized carbons (Fsp3) is 1.00. The summed E-state index contributed by atoms with van der Waals surface area (Å²) in [6, 6.07) is 0. The van der Waals surface area contributed by atoms with Crippen LogP contribution in [-0.4, -0.2) is 74.0 Å². The lowest BCUT2D eigenvalue weighted by Crippen LogP contribution is -2.47. The number of rotatable bonds is 7. The van der Waals surface area contributed by atoms with Gasteiger partial charge in [0, 0.05) is 39.3 Å². The lowest BCUT2D eigenvalue weighted by atomic mass is 9.87.